The highest BCUT2D eigenvalue weighted by molar-refractivity contribution is 4.94. The van der Waals surface area contributed by atoms with Gasteiger partial charge in [-0.3, -0.25) is 0 Å². The van der Waals surface area contributed by atoms with Crippen molar-refractivity contribution in [3.8, 4) is 0 Å². The zero-order valence-electron chi connectivity index (χ0n) is 7.65. The lowest BCUT2D eigenvalue weighted by Crippen LogP contribution is -2.14. The van der Waals surface area contributed by atoms with Gasteiger partial charge < -0.3 is 11.1 Å². The zero-order chi connectivity index (χ0) is 7.28. The summed E-state index contributed by atoms with van der Waals surface area (Å²) in [6.07, 6.45) is 3.37. The van der Waals surface area contributed by atoms with E-state index in [2.05, 4.69) is 38.8 Å². The van der Waals surface area contributed by atoms with Gasteiger partial charge in [-0.1, -0.05) is 13.0 Å². The highest BCUT2D eigenvalue weighted by Gasteiger charge is 1.90. The van der Waals surface area contributed by atoms with Crippen molar-refractivity contribution in [2.75, 3.05) is 13.6 Å². The molecule has 2 nitrogen and oxygen atoms in total. The van der Waals surface area contributed by atoms with Crippen LogP contribution in [0.5, 0.6) is 0 Å². The Balaban J connectivity index is 0. The maximum Gasteiger partial charge on any atom is 0.0143 e. The quantitative estimate of drug-likeness (QED) is 0.660. The summed E-state index contributed by atoms with van der Waals surface area (Å²) >= 11 is 0. The van der Waals surface area contributed by atoms with Crippen molar-refractivity contribution in [3.63, 3.8) is 0 Å². The summed E-state index contributed by atoms with van der Waals surface area (Å²) in [5.41, 5.74) is 1.38. The van der Waals surface area contributed by atoms with E-state index in [1.807, 2.05) is 0 Å². The molecule has 0 aromatic heterocycles. The molecule has 2 heteroatoms. The zero-order valence-corrected chi connectivity index (χ0v) is 7.65. The van der Waals surface area contributed by atoms with Crippen molar-refractivity contribution in [3.05, 3.63) is 11.8 Å². The van der Waals surface area contributed by atoms with Crippen molar-refractivity contribution in [2.45, 2.75) is 27.2 Å². The van der Waals surface area contributed by atoms with E-state index in [4.69, 9.17) is 0 Å². The Morgan fingerprint density at radius 1 is 1.40 bits per heavy atom. The summed E-state index contributed by atoms with van der Waals surface area (Å²) in [6.45, 7) is 7.56. The molecule has 0 heterocycles. The summed E-state index contributed by atoms with van der Waals surface area (Å²) < 4.78 is 0. The largest absolute Gasteiger partial charge is 0.379 e. The Labute approximate surface area is 64.5 Å². The van der Waals surface area contributed by atoms with Gasteiger partial charge in [0.25, 0.3) is 0 Å². The monoisotopic (exact) mass is 144 g/mol. The maximum absolute atomic E-state index is 2.24. The predicted octanol–water partition coefficient (Wildman–Crippen LogP) is 2.41. The van der Waals surface area contributed by atoms with Crippen LogP contribution in [-0.4, -0.2) is 18.5 Å². The van der Waals surface area contributed by atoms with Gasteiger partial charge >= 0.3 is 0 Å². The molecule has 0 atom stereocenters. The van der Waals surface area contributed by atoms with Crippen LogP contribution < -0.4 is 6.15 Å². The molecule has 10 heavy (non-hydrogen) atoms. The van der Waals surface area contributed by atoms with E-state index in [1.165, 1.54) is 5.70 Å². The van der Waals surface area contributed by atoms with Crippen LogP contribution in [0.1, 0.15) is 27.2 Å². The lowest BCUT2D eigenvalue weighted by molar-refractivity contribution is 0.441. The van der Waals surface area contributed by atoms with Gasteiger partial charge in [0.1, 0.15) is 0 Å². The van der Waals surface area contributed by atoms with Gasteiger partial charge in [0.05, 0.1) is 0 Å². The molecule has 0 fully saturated rings. The second-order valence-corrected chi connectivity index (χ2v) is 2.27. The lowest BCUT2D eigenvalue weighted by Gasteiger charge is -2.16. The Morgan fingerprint density at radius 3 is 2.20 bits per heavy atom. The first-order valence-corrected chi connectivity index (χ1v) is 3.60. The fourth-order valence-corrected chi connectivity index (χ4v) is 0.701. The first kappa shape index (κ1) is 12.2. The van der Waals surface area contributed by atoms with Gasteiger partial charge in [0, 0.05) is 19.3 Å². The van der Waals surface area contributed by atoms with Crippen LogP contribution >= 0.6 is 0 Å². The smallest absolute Gasteiger partial charge is 0.0143 e. The Bertz CT molecular complexity index is 97.4. The van der Waals surface area contributed by atoms with Crippen LogP contribution in [0.25, 0.3) is 0 Å². The molecule has 0 aromatic rings. The van der Waals surface area contributed by atoms with E-state index >= 15 is 0 Å². The molecule has 0 aliphatic heterocycles. The van der Waals surface area contributed by atoms with Crippen LogP contribution in [0, 0.1) is 0 Å². The van der Waals surface area contributed by atoms with Crippen molar-refractivity contribution in [2.24, 2.45) is 0 Å². The number of allylic oxidation sites excluding steroid dienone is 2. The van der Waals surface area contributed by atoms with Gasteiger partial charge in [-0.25, -0.2) is 0 Å². The topological polar surface area (TPSA) is 38.2 Å². The minimum Gasteiger partial charge on any atom is -0.379 e. The van der Waals surface area contributed by atoms with Crippen LogP contribution in [-0.2, 0) is 0 Å². The first-order chi connectivity index (χ1) is 4.22. The average molecular weight is 144 g/mol. The van der Waals surface area contributed by atoms with E-state index in [0.717, 1.165) is 13.0 Å². The molecule has 0 spiro atoms. The summed E-state index contributed by atoms with van der Waals surface area (Å²) in [5, 5.41) is 0. The average Bonchev–Trinajstić information content (AvgIpc) is 1.87. The molecule has 0 amide bonds. The minimum absolute atomic E-state index is 0. The van der Waals surface area contributed by atoms with Crippen LogP contribution in [0.4, 0.5) is 0 Å². The molecule has 0 bridgehead atoms. The normalized spacial score (nSPS) is 10.6. The van der Waals surface area contributed by atoms with E-state index < -0.39 is 0 Å². The van der Waals surface area contributed by atoms with Crippen molar-refractivity contribution < 1.29 is 0 Å². The number of nitrogens with zero attached hydrogens (tertiary/aromatic N) is 1. The van der Waals surface area contributed by atoms with Gasteiger partial charge in [0.2, 0.25) is 0 Å². The molecule has 0 saturated heterocycles. The van der Waals surface area contributed by atoms with Gasteiger partial charge in [-0.2, -0.15) is 0 Å². The van der Waals surface area contributed by atoms with Crippen LogP contribution in [0.15, 0.2) is 11.8 Å². The standard InChI is InChI=1S/C8H17N.H3N/c1-5-7-8(3)9(4)6-2;/h7H,5-6H2,1-4H3;1H3. The summed E-state index contributed by atoms with van der Waals surface area (Å²) in [5.74, 6) is 0. The highest BCUT2D eigenvalue weighted by Crippen LogP contribution is 1.99. The Hall–Kier alpha value is -0.500. The molecule has 0 aliphatic rings. The predicted molar refractivity (Wildman–Crippen MR) is 47.4 cm³/mol. The first-order valence-electron chi connectivity index (χ1n) is 3.60. The summed E-state index contributed by atoms with van der Waals surface area (Å²) in [6, 6.07) is 0. The van der Waals surface area contributed by atoms with Gasteiger partial charge in [-0.05, 0) is 20.3 Å². The molecule has 0 aliphatic carbocycles. The second-order valence-electron chi connectivity index (χ2n) is 2.27. The van der Waals surface area contributed by atoms with Crippen LogP contribution in [0.3, 0.4) is 0 Å². The fraction of sp³-hybridized carbons (Fsp3) is 0.750. The third kappa shape index (κ3) is 4.39. The molecule has 3 N–H and O–H groups in total. The summed E-state index contributed by atoms with van der Waals surface area (Å²) in [4.78, 5) is 2.24. The number of hydrogen-bond donors (Lipinski definition) is 1. The van der Waals surface area contributed by atoms with Crippen molar-refractivity contribution in [1.29, 1.82) is 0 Å². The lowest BCUT2D eigenvalue weighted by atomic mass is 10.3. The van der Waals surface area contributed by atoms with E-state index in [9.17, 15) is 0 Å². The maximum atomic E-state index is 2.24. The molecule has 0 unspecified atom stereocenters. The van der Waals surface area contributed by atoms with Gasteiger partial charge in [0.15, 0.2) is 0 Å². The molecule has 62 valence electrons. The minimum atomic E-state index is 0. The fourth-order valence-electron chi connectivity index (χ4n) is 0.701. The van der Waals surface area contributed by atoms with Crippen molar-refractivity contribution >= 4 is 0 Å². The Kier molecular flexibility index (Phi) is 8.07. The SMILES string of the molecule is CCC=C(C)N(C)CC.N. The molecule has 0 aromatic carbocycles. The number of rotatable bonds is 3. The molecule has 0 radical (unpaired) electrons. The molecular formula is C8H20N2. The summed E-state index contributed by atoms with van der Waals surface area (Å²) in [7, 11) is 2.11. The third-order valence-corrected chi connectivity index (χ3v) is 1.58. The molecular weight excluding hydrogens is 124 g/mol. The highest BCUT2D eigenvalue weighted by atomic mass is 15.1. The van der Waals surface area contributed by atoms with E-state index in [0.29, 0.717) is 0 Å². The second kappa shape index (κ2) is 6.62. The third-order valence-electron chi connectivity index (χ3n) is 1.58. The molecule has 0 saturated carbocycles. The Morgan fingerprint density at radius 2 is 1.90 bits per heavy atom. The number of hydrogen-bond acceptors (Lipinski definition) is 2. The van der Waals surface area contributed by atoms with Crippen molar-refractivity contribution in [1.82, 2.24) is 11.1 Å². The van der Waals surface area contributed by atoms with E-state index in [-0.39, 0.29) is 6.15 Å². The van der Waals surface area contributed by atoms with Gasteiger partial charge in [-0.15, -0.1) is 0 Å². The molecule has 0 rings (SSSR count). The van der Waals surface area contributed by atoms with Crippen LogP contribution in [0.2, 0.25) is 0 Å². The van der Waals surface area contributed by atoms with E-state index in [1.54, 1.807) is 0 Å².